The number of hydrogen-bond donors (Lipinski definition) is 1. The zero-order valence-corrected chi connectivity index (χ0v) is 8.26. The van der Waals surface area contributed by atoms with Crippen molar-refractivity contribution in [3.63, 3.8) is 0 Å². The molecule has 0 aromatic heterocycles. The summed E-state index contributed by atoms with van der Waals surface area (Å²) in [4.78, 5) is 0. The lowest BCUT2D eigenvalue weighted by atomic mass is 10.2. The van der Waals surface area contributed by atoms with Crippen molar-refractivity contribution < 1.29 is 9.47 Å². The highest BCUT2D eigenvalue weighted by Crippen LogP contribution is 2.09. The van der Waals surface area contributed by atoms with Crippen molar-refractivity contribution in [2.24, 2.45) is 0 Å². The summed E-state index contributed by atoms with van der Waals surface area (Å²) in [6, 6.07) is 0. The summed E-state index contributed by atoms with van der Waals surface area (Å²) in [6.45, 7) is 2.54. The van der Waals surface area contributed by atoms with Gasteiger partial charge < -0.3 is 9.47 Å². The minimum atomic E-state index is 0.409. The number of ether oxygens (including phenoxy) is 2. The van der Waals surface area contributed by atoms with E-state index in [-0.39, 0.29) is 0 Å². The van der Waals surface area contributed by atoms with E-state index < -0.39 is 0 Å². The largest absolute Gasteiger partial charge is 0.379 e. The van der Waals surface area contributed by atoms with Crippen LogP contribution in [0.3, 0.4) is 0 Å². The third kappa shape index (κ3) is 5.86. The quantitative estimate of drug-likeness (QED) is 0.356. The Morgan fingerprint density at radius 3 is 3.00 bits per heavy atom. The van der Waals surface area contributed by atoms with Crippen LogP contribution in [0.15, 0.2) is 0 Å². The molecule has 12 heavy (non-hydrogen) atoms. The van der Waals surface area contributed by atoms with Gasteiger partial charge in [0.05, 0.1) is 13.2 Å². The van der Waals surface area contributed by atoms with Gasteiger partial charge in [-0.3, -0.25) is 0 Å². The highest BCUT2D eigenvalue weighted by molar-refractivity contribution is 7.80. The lowest BCUT2D eigenvalue weighted by Gasteiger charge is -2.00. The van der Waals surface area contributed by atoms with Gasteiger partial charge in [0.1, 0.15) is 6.10 Å². The molecule has 0 bridgehead atoms. The van der Waals surface area contributed by atoms with Crippen molar-refractivity contribution in [1.82, 2.24) is 0 Å². The molecule has 0 aromatic rings. The van der Waals surface area contributed by atoms with E-state index in [1.54, 1.807) is 0 Å². The van der Waals surface area contributed by atoms with Crippen LogP contribution in [-0.4, -0.2) is 31.7 Å². The van der Waals surface area contributed by atoms with Gasteiger partial charge >= 0.3 is 0 Å². The van der Waals surface area contributed by atoms with Crippen LogP contribution in [0, 0.1) is 6.42 Å². The molecule has 1 unspecified atom stereocenters. The lowest BCUT2D eigenvalue weighted by molar-refractivity contribution is 0.114. The van der Waals surface area contributed by atoms with Gasteiger partial charge in [0.15, 0.2) is 0 Å². The predicted molar refractivity (Wildman–Crippen MR) is 52.6 cm³/mol. The third-order valence-electron chi connectivity index (χ3n) is 1.74. The highest BCUT2D eigenvalue weighted by Gasteiger charge is 2.21. The molecule has 1 fully saturated rings. The summed E-state index contributed by atoms with van der Waals surface area (Å²) in [5.41, 5.74) is 0. The fraction of sp³-hybridized carbons (Fsp3) is 0.889. The van der Waals surface area contributed by atoms with Gasteiger partial charge in [-0.25, -0.2) is 0 Å². The SMILES string of the molecule is SCC[CH]CCCOCC1CO1. The van der Waals surface area contributed by atoms with Crippen molar-refractivity contribution in [1.29, 1.82) is 0 Å². The molecule has 1 radical (unpaired) electrons. The lowest BCUT2D eigenvalue weighted by Crippen LogP contribution is -2.02. The van der Waals surface area contributed by atoms with Crippen LogP contribution in [-0.2, 0) is 9.47 Å². The van der Waals surface area contributed by atoms with Gasteiger partial charge in [-0.05, 0) is 31.4 Å². The summed E-state index contributed by atoms with van der Waals surface area (Å²) in [5, 5.41) is 0. The molecule has 0 aromatic carbocycles. The minimum Gasteiger partial charge on any atom is -0.379 e. The summed E-state index contributed by atoms with van der Waals surface area (Å²) in [7, 11) is 0. The maximum atomic E-state index is 5.37. The zero-order chi connectivity index (χ0) is 8.65. The monoisotopic (exact) mass is 189 g/mol. The number of unbranched alkanes of at least 4 members (excludes halogenated alkanes) is 3. The van der Waals surface area contributed by atoms with Crippen molar-refractivity contribution in [2.45, 2.75) is 25.4 Å². The molecule has 1 saturated heterocycles. The van der Waals surface area contributed by atoms with Crippen molar-refractivity contribution in [3.8, 4) is 0 Å². The molecular weight excluding hydrogens is 172 g/mol. The number of hydrogen-bond acceptors (Lipinski definition) is 3. The Labute approximate surface area is 80.0 Å². The van der Waals surface area contributed by atoms with E-state index in [0.717, 1.165) is 44.8 Å². The van der Waals surface area contributed by atoms with Crippen molar-refractivity contribution >= 4 is 12.6 Å². The van der Waals surface area contributed by atoms with E-state index in [2.05, 4.69) is 19.0 Å². The fourth-order valence-corrected chi connectivity index (χ4v) is 1.13. The molecule has 71 valence electrons. The topological polar surface area (TPSA) is 21.8 Å². The first-order valence-electron chi connectivity index (χ1n) is 4.55. The number of rotatable bonds is 8. The molecule has 0 amide bonds. The first kappa shape index (κ1) is 10.4. The van der Waals surface area contributed by atoms with Crippen LogP contribution in [0.5, 0.6) is 0 Å². The molecular formula is C9H17O2S. The standard InChI is InChI=1S/C9H17O2S/c12-6-4-2-1-3-5-10-7-9-8-11-9/h2,9,12H,1,3-8H2. The van der Waals surface area contributed by atoms with Crippen LogP contribution in [0.2, 0.25) is 0 Å². The zero-order valence-electron chi connectivity index (χ0n) is 7.37. The molecule has 0 spiro atoms. The summed E-state index contributed by atoms with van der Waals surface area (Å²) >= 11 is 4.12. The second kappa shape index (κ2) is 6.75. The Balaban J connectivity index is 1.65. The molecule has 1 rings (SSSR count). The van der Waals surface area contributed by atoms with Crippen LogP contribution in [0.1, 0.15) is 19.3 Å². The first-order valence-corrected chi connectivity index (χ1v) is 5.18. The van der Waals surface area contributed by atoms with E-state index in [1.165, 1.54) is 0 Å². The molecule has 0 N–H and O–H groups in total. The molecule has 2 nitrogen and oxygen atoms in total. The Morgan fingerprint density at radius 1 is 1.50 bits per heavy atom. The van der Waals surface area contributed by atoms with Crippen molar-refractivity contribution in [2.75, 3.05) is 25.6 Å². The van der Waals surface area contributed by atoms with Crippen LogP contribution >= 0.6 is 12.6 Å². The second-order valence-electron chi connectivity index (χ2n) is 2.97. The summed E-state index contributed by atoms with van der Waals surface area (Å²) < 4.78 is 10.4. The number of thiol groups is 1. The predicted octanol–water partition coefficient (Wildman–Crippen LogP) is 1.71. The van der Waals surface area contributed by atoms with Crippen LogP contribution in [0.25, 0.3) is 0 Å². The average Bonchev–Trinajstić information content (AvgIpc) is 2.87. The van der Waals surface area contributed by atoms with Gasteiger partial charge in [-0.15, -0.1) is 0 Å². The van der Waals surface area contributed by atoms with Crippen LogP contribution < -0.4 is 0 Å². The Hall–Kier alpha value is 0.270. The second-order valence-corrected chi connectivity index (χ2v) is 3.42. The smallest absolute Gasteiger partial charge is 0.104 e. The molecule has 3 heteroatoms. The van der Waals surface area contributed by atoms with Gasteiger partial charge in [-0.2, -0.15) is 12.6 Å². The van der Waals surface area contributed by atoms with E-state index in [4.69, 9.17) is 9.47 Å². The average molecular weight is 189 g/mol. The van der Waals surface area contributed by atoms with E-state index in [0.29, 0.717) is 6.10 Å². The molecule has 1 aliphatic rings. The van der Waals surface area contributed by atoms with Gasteiger partial charge in [0, 0.05) is 6.61 Å². The Bertz CT molecular complexity index is 105. The van der Waals surface area contributed by atoms with Crippen LogP contribution in [0.4, 0.5) is 0 Å². The van der Waals surface area contributed by atoms with Gasteiger partial charge in [0.2, 0.25) is 0 Å². The Morgan fingerprint density at radius 2 is 2.33 bits per heavy atom. The first-order chi connectivity index (χ1) is 5.93. The maximum Gasteiger partial charge on any atom is 0.104 e. The summed E-state index contributed by atoms with van der Waals surface area (Å²) in [6.07, 6.45) is 6.05. The third-order valence-corrected chi connectivity index (χ3v) is 1.99. The fourth-order valence-electron chi connectivity index (χ4n) is 0.944. The van der Waals surface area contributed by atoms with E-state index in [1.807, 2.05) is 0 Å². The van der Waals surface area contributed by atoms with E-state index in [9.17, 15) is 0 Å². The molecule has 1 heterocycles. The maximum absolute atomic E-state index is 5.37. The summed E-state index contributed by atoms with van der Waals surface area (Å²) in [5.74, 6) is 0.955. The highest BCUT2D eigenvalue weighted by atomic mass is 32.1. The molecule has 1 atom stereocenters. The molecule has 0 saturated carbocycles. The Kier molecular flexibility index (Phi) is 5.82. The minimum absolute atomic E-state index is 0.409. The number of epoxide rings is 1. The molecule has 1 aliphatic heterocycles. The van der Waals surface area contributed by atoms with E-state index >= 15 is 0 Å². The normalized spacial score (nSPS) is 21.2. The van der Waals surface area contributed by atoms with Gasteiger partial charge in [0.25, 0.3) is 0 Å². The van der Waals surface area contributed by atoms with Gasteiger partial charge in [-0.1, -0.05) is 0 Å². The molecule has 0 aliphatic carbocycles. The van der Waals surface area contributed by atoms with Crippen molar-refractivity contribution in [3.05, 3.63) is 6.42 Å².